The van der Waals surface area contributed by atoms with Gasteiger partial charge < -0.3 is 14.5 Å². The van der Waals surface area contributed by atoms with Gasteiger partial charge in [-0.3, -0.25) is 9.36 Å². The summed E-state index contributed by atoms with van der Waals surface area (Å²) in [6.07, 6.45) is 0.160. The molecule has 0 saturated heterocycles. The number of ketones is 1. The van der Waals surface area contributed by atoms with Gasteiger partial charge in [0.15, 0.2) is 11.4 Å². The smallest absolute Gasteiger partial charge is 0.328 e. The highest BCUT2D eigenvalue weighted by Crippen LogP contribution is 2.49. The molecule has 0 aliphatic heterocycles. The molecule has 0 aliphatic rings. The van der Waals surface area contributed by atoms with Crippen molar-refractivity contribution in [2.45, 2.75) is 37.9 Å². The first-order valence-corrected chi connectivity index (χ1v) is 10.4. The van der Waals surface area contributed by atoms with Gasteiger partial charge in [-0.2, -0.15) is 0 Å². The summed E-state index contributed by atoms with van der Waals surface area (Å²) in [5.41, 5.74) is -1.37. The molecule has 2 rings (SSSR count). The molecule has 2 N–H and O–H groups in total. The molecule has 2 unspecified atom stereocenters. The lowest BCUT2D eigenvalue weighted by Gasteiger charge is -2.36. The van der Waals surface area contributed by atoms with Crippen molar-refractivity contribution in [1.82, 2.24) is 0 Å². The number of benzene rings is 2. The Morgan fingerprint density at radius 3 is 2.04 bits per heavy atom. The molecule has 140 valence electrons. The highest BCUT2D eigenvalue weighted by Gasteiger charge is 2.46. The summed E-state index contributed by atoms with van der Waals surface area (Å²) in [6.45, 7) is 3.72. The Morgan fingerprint density at radius 2 is 1.58 bits per heavy atom. The van der Waals surface area contributed by atoms with Crippen LogP contribution >= 0.6 is 7.60 Å². The van der Waals surface area contributed by atoms with Crippen molar-refractivity contribution in [3.8, 4) is 0 Å². The van der Waals surface area contributed by atoms with E-state index < -0.39 is 18.9 Å². The molecular formula is C20H25O5P. The zero-order valence-electron chi connectivity index (χ0n) is 15.0. The first-order valence-electron chi connectivity index (χ1n) is 8.69. The van der Waals surface area contributed by atoms with Gasteiger partial charge in [-0.05, 0) is 18.9 Å². The van der Waals surface area contributed by atoms with Gasteiger partial charge in [0, 0.05) is 18.6 Å². The monoisotopic (exact) mass is 376 g/mol. The molecule has 0 heterocycles. The first kappa shape index (κ1) is 20.5. The van der Waals surface area contributed by atoms with Gasteiger partial charge in [-0.25, -0.2) is 0 Å². The minimum atomic E-state index is -4.38. The van der Waals surface area contributed by atoms with E-state index in [1.54, 1.807) is 62.4 Å². The molecule has 6 heteroatoms. The second kappa shape index (κ2) is 8.74. The highest BCUT2D eigenvalue weighted by atomic mass is 31.2. The predicted molar refractivity (Wildman–Crippen MR) is 101 cm³/mol. The SMILES string of the molecule is CCOC(CC(CC)P(=O)(O)O)(C(=O)c1ccccc1)c1ccccc1. The van der Waals surface area contributed by atoms with Crippen LogP contribution in [0, 0.1) is 0 Å². The summed E-state index contributed by atoms with van der Waals surface area (Å²) in [7, 11) is -4.38. The molecule has 0 saturated carbocycles. The second-order valence-corrected chi connectivity index (χ2v) is 8.08. The minimum absolute atomic E-state index is 0.0840. The van der Waals surface area contributed by atoms with E-state index >= 15 is 0 Å². The predicted octanol–water partition coefficient (Wildman–Crippen LogP) is 4.15. The minimum Gasteiger partial charge on any atom is -0.362 e. The summed E-state index contributed by atoms with van der Waals surface area (Å²) in [5, 5.41) is 0. The van der Waals surface area contributed by atoms with E-state index in [9.17, 15) is 19.1 Å². The molecule has 0 fully saturated rings. The summed E-state index contributed by atoms with van der Waals surface area (Å²) in [4.78, 5) is 33.0. The molecule has 2 aromatic carbocycles. The number of Topliss-reactive ketones (excluding diaryl/α,β-unsaturated/α-hetero) is 1. The van der Waals surface area contributed by atoms with Crippen LogP contribution in [0.3, 0.4) is 0 Å². The molecule has 0 bridgehead atoms. The average Bonchev–Trinajstić information content (AvgIpc) is 2.65. The Bertz CT molecular complexity index is 756. The van der Waals surface area contributed by atoms with Crippen LogP contribution in [0.25, 0.3) is 0 Å². The molecular weight excluding hydrogens is 351 g/mol. The zero-order chi connectivity index (χ0) is 19.2. The van der Waals surface area contributed by atoms with Gasteiger partial charge in [0.25, 0.3) is 0 Å². The first-order chi connectivity index (χ1) is 12.3. The van der Waals surface area contributed by atoms with Crippen molar-refractivity contribution in [1.29, 1.82) is 0 Å². The number of rotatable bonds is 9. The van der Waals surface area contributed by atoms with Crippen LogP contribution in [0.15, 0.2) is 60.7 Å². The maximum Gasteiger partial charge on any atom is 0.328 e. The van der Waals surface area contributed by atoms with Crippen LogP contribution in [0.4, 0.5) is 0 Å². The molecule has 0 aliphatic carbocycles. The van der Waals surface area contributed by atoms with Gasteiger partial charge in [0.1, 0.15) is 0 Å². The normalized spacial score (nSPS) is 15.2. The van der Waals surface area contributed by atoms with E-state index in [4.69, 9.17) is 4.74 Å². The van der Waals surface area contributed by atoms with Crippen LogP contribution in [-0.4, -0.2) is 27.8 Å². The number of ether oxygens (including phenoxy) is 1. The number of carbonyl (C=O) groups is 1. The fourth-order valence-electron chi connectivity index (χ4n) is 3.16. The Hall–Kier alpha value is -1.78. The second-order valence-electron chi connectivity index (χ2n) is 6.18. The number of carbonyl (C=O) groups excluding carboxylic acids is 1. The lowest BCUT2D eigenvalue weighted by Crippen LogP contribution is -2.42. The van der Waals surface area contributed by atoms with E-state index in [2.05, 4.69) is 0 Å². The zero-order valence-corrected chi connectivity index (χ0v) is 15.9. The van der Waals surface area contributed by atoms with E-state index in [0.29, 0.717) is 11.1 Å². The van der Waals surface area contributed by atoms with E-state index in [-0.39, 0.29) is 25.2 Å². The molecule has 0 spiro atoms. The topological polar surface area (TPSA) is 83.8 Å². The fourth-order valence-corrected chi connectivity index (χ4v) is 4.13. The maximum absolute atomic E-state index is 13.5. The summed E-state index contributed by atoms with van der Waals surface area (Å²) in [5.74, 6) is -0.293. The van der Waals surface area contributed by atoms with E-state index in [1.807, 2.05) is 12.1 Å². The third kappa shape index (κ3) is 4.49. The Kier molecular flexibility index (Phi) is 6.90. The standard InChI is InChI=1S/C20H25O5P/c1-3-18(26(22,23)24)15-20(25-4-2,17-13-9-6-10-14-17)19(21)16-11-7-5-8-12-16/h5-14,18H,3-4,15H2,1-2H3,(H2,22,23,24). The lowest BCUT2D eigenvalue weighted by atomic mass is 9.81. The molecule has 2 aromatic rings. The molecule has 0 aromatic heterocycles. The van der Waals surface area contributed by atoms with Crippen molar-refractivity contribution in [3.63, 3.8) is 0 Å². The van der Waals surface area contributed by atoms with E-state index in [0.717, 1.165) is 0 Å². The summed E-state index contributed by atoms with van der Waals surface area (Å²) >= 11 is 0. The maximum atomic E-state index is 13.5. The van der Waals surface area contributed by atoms with Crippen LogP contribution in [0.1, 0.15) is 42.6 Å². The fraction of sp³-hybridized carbons (Fsp3) is 0.350. The van der Waals surface area contributed by atoms with Crippen molar-refractivity contribution in [2.75, 3.05) is 6.61 Å². The molecule has 0 radical (unpaired) electrons. The Morgan fingerprint density at radius 1 is 1.04 bits per heavy atom. The number of hydrogen-bond donors (Lipinski definition) is 2. The summed E-state index contributed by atoms with van der Waals surface area (Å²) in [6, 6.07) is 17.7. The van der Waals surface area contributed by atoms with Crippen molar-refractivity contribution >= 4 is 13.4 Å². The molecule has 0 amide bonds. The van der Waals surface area contributed by atoms with Crippen molar-refractivity contribution in [3.05, 3.63) is 71.8 Å². The molecule has 5 nitrogen and oxygen atoms in total. The van der Waals surface area contributed by atoms with Gasteiger partial charge in [-0.15, -0.1) is 0 Å². The van der Waals surface area contributed by atoms with Crippen LogP contribution in [-0.2, 0) is 14.9 Å². The highest BCUT2D eigenvalue weighted by molar-refractivity contribution is 7.52. The largest absolute Gasteiger partial charge is 0.362 e. The summed E-state index contributed by atoms with van der Waals surface area (Å²) < 4.78 is 17.9. The van der Waals surface area contributed by atoms with Crippen LogP contribution < -0.4 is 0 Å². The van der Waals surface area contributed by atoms with Crippen LogP contribution in [0.5, 0.6) is 0 Å². The third-order valence-corrected chi connectivity index (χ3v) is 6.00. The quantitative estimate of drug-likeness (QED) is 0.507. The van der Waals surface area contributed by atoms with Crippen molar-refractivity contribution in [2.24, 2.45) is 0 Å². The third-order valence-electron chi connectivity index (χ3n) is 4.50. The van der Waals surface area contributed by atoms with Gasteiger partial charge >= 0.3 is 7.60 Å². The molecule has 26 heavy (non-hydrogen) atoms. The van der Waals surface area contributed by atoms with Crippen molar-refractivity contribution < 1.29 is 23.9 Å². The number of hydrogen-bond acceptors (Lipinski definition) is 3. The van der Waals surface area contributed by atoms with Gasteiger partial charge in [0.2, 0.25) is 0 Å². The van der Waals surface area contributed by atoms with E-state index in [1.165, 1.54) is 0 Å². The lowest BCUT2D eigenvalue weighted by molar-refractivity contribution is -0.0307. The Labute approximate surface area is 154 Å². The van der Waals surface area contributed by atoms with Gasteiger partial charge in [-0.1, -0.05) is 67.6 Å². The van der Waals surface area contributed by atoms with Crippen LogP contribution in [0.2, 0.25) is 0 Å². The molecule has 2 atom stereocenters. The average molecular weight is 376 g/mol. The van der Waals surface area contributed by atoms with Gasteiger partial charge in [0.05, 0.1) is 5.66 Å². The Balaban J connectivity index is 2.62.